The van der Waals surface area contributed by atoms with E-state index in [1.54, 1.807) is 18.2 Å². The van der Waals surface area contributed by atoms with Crippen LogP contribution < -0.4 is 14.9 Å². The Bertz CT molecular complexity index is 1360. The lowest BCUT2D eigenvalue weighted by molar-refractivity contribution is -0.137. The van der Waals surface area contributed by atoms with Crippen molar-refractivity contribution >= 4 is 48.9 Å². The molecule has 4 rings (SSSR count). The number of hydrogen-bond donors (Lipinski definition) is 2. The Morgan fingerprint density at radius 1 is 1.00 bits per heavy atom. The summed E-state index contributed by atoms with van der Waals surface area (Å²) in [6.45, 7) is 1.28. The summed E-state index contributed by atoms with van der Waals surface area (Å²) in [5, 5.41) is 2.65. The van der Waals surface area contributed by atoms with Crippen LogP contribution in [0.2, 0.25) is 0 Å². The van der Waals surface area contributed by atoms with Crippen molar-refractivity contribution in [2.24, 2.45) is 0 Å². The molecule has 2 aromatic carbocycles. The number of aromatic nitrogens is 1. The lowest BCUT2D eigenvalue weighted by atomic mass is 10.2. The molecule has 0 saturated carbocycles. The van der Waals surface area contributed by atoms with Gasteiger partial charge >= 0.3 is 6.18 Å². The average molecular weight is 569 g/mol. The van der Waals surface area contributed by atoms with Gasteiger partial charge in [-0.15, -0.1) is 0 Å². The van der Waals surface area contributed by atoms with Crippen LogP contribution in [0.5, 0.6) is 0 Å². The van der Waals surface area contributed by atoms with Crippen LogP contribution in [-0.4, -0.2) is 32.4 Å². The molecule has 0 bridgehead atoms. The van der Waals surface area contributed by atoms with Crippen LogP contribution in [0.25, 0.3) is 0 Å². The molecule has 1 saturated heterocycles. The second-order valence-electron chi connectivity index (χ2n) is 7.91. The van der Waals surface area contributed by atoms with Crippen molar-refractivity contribution in [1.29, 1.82) is 0 Å². The normalized spacial score (nSPS) is 14.1. The standard InChI is InChI=1S/C23H20BrF3N4O3S/c24-17-10-15(13-28-14-17)22(32)29-18-6-7-20(31-8-1-2-9-31)21(12-18)35(33,34)30-19-5-3-4-16(11-19)23(25,26)27/h3-7,10-14,30H,1-2,8-9H2,(H,29,32). The molecule has 35 heavy (non-hydrogen) atoms. The van der Waals surface area contributed by atoms with Crippen LogP contribution in [0.15, 0.2) is 70.3 Å². The van der Waals surface area contributed by atoms with Gasteiger partial charge in [-0.1, -0.05) is 6.07 Å². The number of halogens is 4. The van der Waals surface area contributed by atoms with Gasteiger partial charge in [-0.3, -0.25) is 14.5 Å². The van der Waals surface area contributed by atoms with Gasteiger partial charge < -0.3 is 10.2 Å². The minimum atomic E-state index is -4.62. The van der Waals surface area contributed by atoms with Crippen molar-refractivity contribution in [3.8, 4) is 0 Å². The highest BCUT2D eigenvalue weighted by Gasteiger charge is 2.31. The molecule has 184 valence electrons. The van der Waals surface area contributed by atoms with E-state index in [-0.39, 0.29) is 21.8 Å². The highest BCUT2D eigenvalue weighted by Crippen LogP contribution is 2.34. The summed E-state index contributed by atoms with van der Waals surface area (Å²) in [7, 11) is -4.30. The molecule has 7 nitrogen and oxygen atoms in total. The van der Waals surface area contributed by atoms with Crippen molar-refractivity contribution < 1.29 is 26.4 Å². The average Bonchev–Trinajstić information content (AvgIpc) is 3.33. The molecule has 1 fully saturated rings. The minimum absolute atomic E-state index is 0.151. The van der Waals surface area contributed by atoms with E-state index in [0.717, 1.165) is 31.0 Å². The highest BCUT2D eigenvalue weighted by molar-refractivity contribution is 9.10. The summed E-state index contributed by atoms with van der Waals surface area (Å²) >= 11 is 3.24. The van der Waals surface area contributed by atoms with Crippen molar-refractivity contribution in [3.05, 3.63) is 76.5 Å². The molecule has 0 atom stereocenters. The van der Waals surface area contributed by atoms with Crippen LogP contribution >= 0.6 is 15.9 Å². The fourth-order valence-corrected chi connectivity index (χ4v) is 5.40. The van der Waals surface area contributed by atoms with Crippen molar-refractivity contribution in [3.63, 3.8) is 0 Å². The molecule has 3 aromatic rings. The molecule has 0 spiro atoms. The Morgan fingerprint density at radius 3 is 2.43 bits per heavy atom. The lowest BCUT2D eigenvalue weighted by Gasteiger charge is -2.22. The van der Waals surface area contributed by atoms with Gasteiger partial charge in [0, 0.05) is 41.3 Å². The Morgan fingerprint density at radius 2 is 1.74 bits per heavy atom. The third kappa shape index (κ3) is 5.93. The van der Waals surface area contributed by atoms with Gasteiger partial charge in [0.2, 0.25) is 0 Å². The van der Waals surface area contributed by atoms with E-state index >= 15 is 0 Å². The monoisotopic (exact) mass is 568 g/mol. The Hall–Kier alpha value is -3.12. The van der Waals surface area contributed by atoms with Gasteiger partial charge in [0.05, 0.1) is 16.8 Å². The zero-order chi connectivity index (χ0) is 25.2. The molecule has 1 aromatic heterocycles. The van der Waals surface area contributed by atoms with E-state index in [2.05, 4.69) is 31.0 Å². The van der Waals surface area contributed by atoms with Crippen LogP contribution in [0.1, 0.15) is 28.8 Å². The van der Waals surface area contributed by atoms with Crippen LogP contribution in [-0.2, 0) is 16.2 Å². The molecular formula is C23H20BrF3N4O3S. The summed E-state index contributed by atoms with van der Waals surface area (Å²) < 4.78 is 68.8. The van der Waals surface area contributed by atoms with Gasteiger partial charge in [-0.2, -0.15) is 13.2 Å². The summed E-state index contributed by atoms with van der Waals surface area (Å²) in [6.07, 6.45) is 0.0365. The summed E-state index contributed by atoms with van der Waals surface area (Å²) in [5.41, 5.74) is -0.316. The SMILES string of the molecule is O=C(Nc1ccc(N2CCCC2)c(S(=O)(=O)Nc2cccc(C(F)(F)F)c2)c1)c1cncc(Br)c1. The number of pyridine rings is 1. The fourth-order valence-electron chi connectivity index (χ4n) is 3.73. The second-order valence-corrected chi connectivity index (χ2v) is 10.5. The van der Waals surface area contributed by atoms with Crippen LogP contribution in [0, 0.1) is 0 Å². The number of benzene rings is 2. The first-order valence-electron chi connectivity index (χ1n) is 10.5. The Labute approximate surface area is 208 Å². The maximum absolute atomic E-state index is 13.3. The van der Waals surface area contributed by atoms with E-state index in [1.807, 2.05) is 4.90 Å². The van der Waals surface area contributed by atoms with Gasteiger partial charge in [-0.25, -0.2) is 8.42 Å². The van der Waals surface area contributed by atoms with E-state index < -0.39 is 27.7 Å². The van der Waals surface area contributed by atoms with E-state index in [0.29, 0.717) is 23.2 Å². The highest BCUT2D eigenvalue weighted by atomic mass is 79.9. The third-order valence-electron chi connectivity index (χ3n) is 5.36. The Balaban J connectivity index is 1.69. The van der Waals surface area contributed by atoms with Crippen LogP contribution in [0.3, 0.4) is 0 Å². The molecule has 0 aliphatic carbocycles. The maximum atomic E-state index is 13.3. The number of carbonyl (C=O) groups is 1. The molecular weight excluding hydrogens is 549 g/mol. The van der Waals surface area contributed by atoms with Crippen molar-refractivity contribution in [2.45, 2.75) is 23.9 Å². The number of nitrogens with zero attached hydrogens (tertiary/aromatic N) is 2. The van der Waals surface area contributed by atoms with Crippen molar-refractivity contribution in [1.82, 2.24) is 4.98 Å². The predicted octanol–water partition coefficient (Wildman–Crippen LogP) is 5.52. The summed E-state index contributed by atoms with van der Waals surface area (Å²) in [4.78, 5) is 18.3. The first-order chi connectivity index (χ1) is 16.5. The summed E-state index contributed by atoms with van der Waals surface area (Å²) in [6, 6.07) is 10.0. The smallest absolute Gasteiger partial charge is 0.370 e. The first-order valence-corrected chi connectivity index (χ1v) is 12.8. The zero-order valence-electron chi connectivity index (χ0n) is 18.1. The van der Waals surface area contributed by atoms with E-state index in [4.69, 9.17) is 0 Å². The molecule has 0 radical (unpaired) electrons. The topological polar surface area (TPSA) is 91.4 Å². The summed E-state index contributed by atoms with van der Waals surface area (Å²) in [5.74, 6) is -0.498. The fraction of sp³-hybridized carbons (Fsp3) is 0.217. The number of hydrogen-bond acceptors (Lipinski definition) is 5. The second kappa shape index (κ2) is 9.86. The zero-order valence-corrected chi connectivity index (χ0v) is 20.5. The van der Waals surface area contributed by atoms with Gasteiger partial charge in [0.1, 0.15) is 4.90 Å². The van der Waals surface area contributed by atoms with E-state index in [9.17, 15) is 26.4 Å². The first kappa shape index (κ1) is 25.0. The van der Waals surface area contributed by atoms with E-state index in [1.165, 1.54) is 24.5 Å². The number of nitrogens with one attached hydrogen (secondary N) is 2. The van der Waals surface area contributed by atoms with Gasteiger partial charge in [0.25, 0.3) is 15.9 Å². The van der Waals surface area contributed by atoms with Crippen molar-refractivity contribution in [2.75, 3.05) is 28.0 Å². The predicted molar refractivity (Wildman–Crippen MR) is 130 cm³/mol. The minimum Gasteiger partial charge on any atom is -0.370 e. The molecule has 1 amide bonds. The quantitative estimate of drug-likeness (QED) is 0.408. The molecule has 2 heterocycles. The number of rotatable bonds is 6. The number of sulfonamides is 1. The number of amides is 1. The molecule has 1 aliphatic rings. The maximum Gasteiger partial charge on any atom is 0.416 e. The number of carbonyl (C=O) groups excluding carboxylic acids is 1. The van der Waals surface area contributed by atoms with Gasteiger partial charge in [-0.05, 0) is 71.2 Å². The Kier molecular flexibility index (Phi) is 7.04. The van der Waals surface area contributed by atoms with Gasteiger partial charge in [0.15, 0.2) is 0 Å². The number of anilines is 3. The number of alkyl halides is 3. The molecule has 1 aliphatic heterocycles. The molecule has 0 unspecified atom stereocenters. The lowest BCUT2D eigenvalue weighted by Crippen LogP contribution is -2.23. The van der Waals surface area contributed by atoms with Crippen LogP contribution in [0.4, 0.5) is 30.2 Å². The largest absolute Gasteiger partial charge is 0.416 e. The third-order valence-corrected chi connectivity index (χ3v) is 7.21. The molecule has 2 N–H and O–H groups in total. The molecule has 12 heteroatoms.